The number of carbonyl (C=O) groups excluding carboxylic acids is 1. The van der Waals surface area contributed by atoms with Gasteiger partial charge in [0.2, 0.25) is 5.78 Å². The second kappa shape index (κ2) is 5.85. The summed E-state index contributed by atoms with van der Waals surface area (Å²) in [5.41, 5.74) is 0. The van der Waals surface area contributed by atoms with Crippen molar-refractivity contribution in [1.82, 2.24) is 0 Å². The largest absolute Gasteiger partial charge is 0.460 e. The SMILES string of the molecule is CCCC1CCC(C(=O)c2occc2Br)CC1. The number of carbonyl (C=O) groups is 1. The Morgan fingerprint density at radius 1 is 1.41 bits per heavy atom. The number of hydrogen-bond donors (Lipinski definition) is 0. The molecule has 3 heteroatoms. The van der Waals surface area contributed by atoms with Gasteiger partial charge in [-0.15, -0.1) is 0 Å². The zero-order chi connectivity index (χ0) is 12.3. The molecular weight excluding hydrogens is 280 g/mol. The van der Waals surface area contributed by atoms with E-state index >= 15 is 0 Å². The number of hydrogen-bond acceptors (Lipinski definition) is 2. The minimum absolute atomic E-state index is 0.172. The van der Waals surface area contributed by atoms with Crippen LogP contribution < -0.4 is 0 Å². The van der Waals surface area contributed by atoms with E-state index in [9.17, 15) is 4.79 Å². The van der Waals surface area contributed by atoms with Crippen molar-refractivity contribution < 1.29 is 9.21 Å². The predicted molar refractivity (Wildman–Crippen MR) is 71.1 cm³/mol. The van der Waals surface area contributed by atoms with E-state index in [1.807, 2.05) is 0 Å². The van der Waals surface area contributed by atoms with Crippen molar-refractivity contribution in [2.75, 3.05) is 0 Å². The molecule has 1 aliphatic carbocycles. The molecule has 1 aromatic rings. The van der Waals surface area contributed by atoms with Crippen molar-refractivity contribution in [3.8, 4) is 0 Å². The Morgan fingerprint density at radius 3 is 2.65 bits per heavy atom. The molecule has 0 unspecified atom stereocenters. The fourth-order valence-electron chi connectivity index (χ4n) is 2.78. The maximum atomic E-state index is 12.2. The third-order valence-electron chi connectivity index (χ3n) is 3.76. The number of ketones is 1. The van der Waals surface area contributed by atoms with E-state index in [4.69, 9.17) is 4.42 Å². The molecule has 0 spiro atoms. The summed E-state index contributed by atoms with van der Waals surface area (Å²) in [4.78, 5) is 12.2. The van der Waals surface area contributed by atoms with Gasteiger partial charge in [-0.05, 0) is 53.6 Å². The molecule has 0 atom stereocenters. The number of rotatable bonds is 4. The Balaban J connectivity index is 1.93. The van der Waals surface area contributed by atoms with E-state index in [0.717, 1.165) is 23.2 Å². The zero-order valence-corrected chi connectivity index (χ0v) is 11.8. The summed E-state index contributed by atoms with van der Waals surface area (Å²) in [6, 6.07) is 1.79. The average molecular weight is 299 g/mol. The van der Waals surface area contributed by atoms with Gasteiger partial charge in [0, 0.05) is 5.92 Å². The topological polar surface area (TPSA) is 30.2 Å². The van der Waals surface area contributed by atoms with Gasteiger partial charge in [-0.1, -0.05) is 19.8 Å². The molecule has 94 valence electrons. The van der Waals surface area contributed by atoms with Gasteiger partial charge in [-0.2, -0.15) is 0 Å². The quantitative estimate of drug-likeness (QED) is 0.745. The maximum absolute atomic E-state index is 12.2. The highest BCUT2D eigenvalue weighted by atomic mass is 79.9. The van der Waals surface area contributed by atoms with Crippen molar-refractivity contribution in [2.45, 2.75) is 45.4 Å². The first-order valence-corrected chi connectivity index (χ1v) is 7.28. The molecule has 2 nitrogen and oxygen atoms in total. The van der Waals surface area contributed by atoms with Crippen LogP contribution in [0, 0.1) is 11.8 Å². The second-order valence-corrected chi connectivity index (χ2v) is 5.82. The molecule has 1 heterocycles. The molecule has 0 radical (unpaired) electrons. The van der Waals surface area contributed by atoms with Crippen molar-refractivity contribution in [3.63, 3.8) is 0 Å². The summed E-state index contributed by atoms with van der Waals surface area (Å²) >= 11 is 3.36. The molecule has 0 aliphatic heterocycles. The van der Waals surface area contributed by atoms with Gasteiger partial charge >= 0.3 is 0 Å². The lowest BCUT2D eigenvalue weighted by Crippen LogP contribution is -2.21. The van der Waals surface area contributed by atoms with E-state index in [1.54, 1.807) is 12.3 Å². The standard InChI is InChI=1S/C14H19BrO2/c1-2-3-10-4-6-11(7-5-10)13(16)14-12(15)8-9-17-14/h8-11H,2-7H2,1H3. The predicted octanol–water partition coefficient (Wildman–Crippen LogP) is 4.83. The van der Waals surface area contributed by atoms with E-state index in [0.29, 0.717) is 5.76 Å². The molecule has 17 heavy (non-hydrogen) atoms. The summed E-state index contributed by atoms with van der Waals surface area (Å²) < 4.78 is 6.05. The van der Waals surface area contributed by atoms with Gasteiger partial charge in [0.05, 0.1) is 10.7 Å². The third-order valence-corrected chi connectivity index (χ3v) is 4.38. The smallest absolute Gasteiger partial charge is 0.202 e. The summed E-state index contributed by atoms with van der Waals surface area (Å²) in [7, 11) is 0. The molecule has 1 aliphatic rings. The van der Waals surface area contributed by atoms with Gasteiger partial charge in [0.25, 0.3) is 0 Å². The molecule has 0 amide bonds. The summed E-state index contributed by atoms with van der Waals surface area (Å²) in [5, 5.41) is 0. The molecule has 1 saturated carbocycles. The fraction of sp³-hybridized carbons (Fsp3) is 0.643. The van der Waals surface area contributed by atoms with E-state index < -0.39 is 0 Å². The van der Waals surface area contributed by atoms with Crippen LogP contribution in [0.2, 0.25) is 0 Å². The monoisotopic (exact) mass is 298 g/mol. The van der Waals surface area contributed by atoms with Crippen LogP contribution in [0.4, 0.5) is 0 Å². The lowest BCUT2D eigenvalue weighted by molar-refractivity contribution is 0.0839. The van der Waals surface area contributed by atoms with Gasteiger partial charge in [-0.3, -0.25) is 4.79 Å². The Hall–Kier alpha value is -0.570. The van der Waals surface area contributed by atoms with Crippen LogP contribution in [0.25, 0.3) is 0 Å². The molecule has 0 saturated heterocycles. The van der Waals surface area contributed by atoms with Crippen LogP contribution in [0.3, 0.4) is 0 Å². The van der Waals surface area contributed by atoms with E-state index in [-0.39, 0.29) is 11.7 Å². The minimum Gasteiger partial charge on any atom is -0.460 e. The first kappa shape index (κ1) is 12.9. The summed E-state index contributed by atoms with van der Waals surface area (Å²) in [5.74, 6) is 1.69. The first-order valence-electron chi connectivity index (χ1n) is 6.49. The van der Waals surface area contributed by atoms with Crippen LogP contribution in [0.15, 0.2) is 21.2 Å². The van der Waals surface area contributed by atoms with E-state index in [1.165, 1.54) is 25.7 Å². The van der Waals surface area contributed by atoms with Crippen molar-refractivity contribution in [2.24, 2.45) is 11.8 Å². The van der Waals surface area contributed by atoms with Crippen LogP contribution >= 0.6 is 15.9 Å². The molecular formula is C14H19BrO2. The van der Waals surface area contributed by atoms with Gasteiger partial charge in [0.1, 0.15) is 0 Å². The Bertz CT molecular complexity index is 375. The van der Waals surface area contributed by atoms with Crippen molar-refractivity contribution >= 4 is 21.7 Å². The second-order valence-electron chi connectivity index (χ2n) is 4.97. The Kier molecular flexibility index (Phi) is 4.43. The molecule has 1 fully saturated rings. The average Bonchev–Trinajstić information content (AvgIpc) is 2.76. The normalized spacial score (nSPS) is 24.8. The highest BCUT2D eigenvalue weighted by Crippen LogP contribution is 2.34. The minimum atomic E-state index is 0.172. The van der Waals surface area contributed by atoms with Crippen molar-refractivity contribution in [1.29, 1.82) is 0 Å². The van der Waals surface area contributed by atoms with Gasteiger partial charge < -0.3 is 4.42 Å². The van der Waals surface area contributed by atoms with Gasteiger partial charge in [0.15, 0.2) is 5.76 Å². The van der Waals surface area contributed by atoms with Crippen LogP contribution in [-0.4, -0.2) is 5.78 Å². The highest BCUT2D eigenvalue weighted by Gasteiger charge is 2.29. The third kappa shape index (κ3) is 3.01. The van der Waals surface area contributed by atoms with Crippen LogP contribution in [0.5, 0.6) is 0 Å². The summed E-state index contributed by atoms with van der Waals surface area (Å²) in [6.07, 6.45) is 8.58. The maximum Gasteiger partial charge on any atom is 0.202 e. The highest BCUT2D eigenvalue weighted by molar-refractivity contribution is 9.10. The number of furan rings is 1. The molecule has 0 bridgehead atoms. The fourth-order valence-corrected chi connectivity index (χ4v) is 3.17. The van der Waals surface area contributed by atoms with Gasteiger partial charge in [-0.25, -0.2) is 0 Å². The molecule has 2 rings (SSSR count). The zero-order valence-electron chi connectivity index (χ0n) is 10.2. The lowest BCUT2D eigenvalue weighted by atomic mass is 9.78. The van der Waals surface area contributed by atoms with Crippen molar-refractivity contribution in [3.05, 3.63) is 22.6 Å². The lowest BCUT2D eigenvalue weighted by Gasteiger charge is -2.26. The number of halogens is 1. The number of Topliss-reactive ketones (excluding diaryl/α,β-unsaturated/α-hetero) is 1. The molecule has 0 aromatic carbocycles. The van der Waals surface area contributed by atoms with E-state index in [2.05, 4.69) is 22.9 Å². The Morgan fingerprint density at radius 2 is 2.12 bits per heavy atom. The molecule has 0 N–H and O–H groups in total. The summed E-state index contributed by atoms with van der Waals surface area (Å²) in [6.45, 7) is 2.23. The van der Waals surface area contributed by atoms with Crippen LogP contribution in [0.1, 0.15) is 56.0 Å². The molecule has 1 aromatic heterocycles. The first-order chi connectivity index (χ1) is 8.22. The Labute approximate surface area is 111 Å². The van der Waals surface area contributed by atoms with Crippen LogP contribution in [-0.2, 0) is 0 Å².